The van der Waals surface area contributed by atoms with Crippen LogP contribution in [-0.2, 0) is 17.4 Å². The standard InChI is InChI=1S/C88H57N/c1-2-89-85(59-41-35-57(36-42-59)63-47-49-73-71-27-11-17-33-79(71)87(81(73)53-63)75-29-13-7-23-67(75)68-24-8-14-30-76(68)87)83(65-45-39-55-19-3-5-21-61(55)51-65)84(66-46-40-56-20-4-6-22-62(56)52-66)86(89)60-43-37-58(38-44-60)64-48-50-74-72-28-12-18-34-80(72)88(82(74)54-64)77-31-15-9-25-69(77)70-26-10-16-32-78(70)88/h3-54H,2H2,1H3. The van der Waals surface area contributed by atoms with Crippen molar-refractivity contribution in [1.82, 2.24) is 4.57 Å². The summed E-state index contributed by atoms with van der Waals surface area (Å²) >= 11 is 0. The van der Waals surface area contributed by atoms with Gasteiger partial charge in [-0.15, -0.1) is 0 Å². The zero-order chi connectivity index (χ0) is 58.5. The normalized spacial score (nSPS) is 13.7. The van der Waals surface area contributed by atoms with E-state index >= 15 is 0 Å². The molecule has 0 N–H and O–H groups in total. The molecule has 0 fully saturated rings. The third-order valence-electron chi connectivity index (χ3n) is 20.6. The van der Waals surface area contributed by atoms with Crippen LogP contribution in [0.25, 0.3) is 133 Å². The van der Waals surface area contributed by atoms with Crippen LogP contribution in [0.2, 0.25) is 0 Å². The summed E-state index contributed by atoms with van der Waals surface area (Å²) in [6.45, 7) is 3.08. The fourth-order valence-corrected chi connectivity index (χ4v) is 17.0. The van der Waals surface area contributed by atoms with E-state index in [0.717, 1.165) is 6.54 Å². The molecule has 1 aromatic heterocycles. The lowest BCUT2D eigenvalue weighted by atomic mass is 9.70. The van der Waals surface area contributed by atoms with Crippen molar-refractivity contribution in [3.05, 3.63) is 360 Å². The summed E-state index contributed by atoms with van der Waals surface area (Å²) in [4.78, 5) is 0. The monoisotopic (exact) mass is 1130 g/mol. The third kappa shape index (κ3) is 6.85. The highest BCUT2D eigenvalue weighted by molar-refractivity contribution is 6.06. The molecule has 2 spiro atoms. The number of aromatic nitrogens is 1. The predicted octanol–water partition coefficient (Wildman–Crippen LogP) is 22.5. The van der Waals surface area contributed by atoms with Gasteiger partial charge in [-0.3, -0.25) is 0 Å². The number of benzene rings is 14. The molecule has 0 atom stereocenters. The highest BCUT2D eigenvalue weighted by atomic mass is 15.0. The van der Waals surface area contributed by atoms with Crippen molar-refractivity contribution < 1.29 is 0 Å². The first-order valence-electron chi connectivity index (χ1n) is 31.4. The summed E-state index contributed by atoms with van der Waals surface area (Å²) in [5.74, 6) is 0. The first-order valence-corrected chi connectivity index (χ1v) is 31.4. The first kappa shape index (κ1) is 50.1. The Morgan fingerprint density at radius 3 is 0.798 bits per heavy atom. The quantitative estimate of drug-likeness (QED) is 0.150. The summed E-state index contributed by atoms with van der Waals surface area (Å²) in [6.07, 6.45) is 0. The van der Waals surface area contributed by atoms with E-state index in [-0.39, 0.29) is 0 Å². The van der Waals surface area contributed by atoms with E-state index in [1.807, 2.05) is 0 Å². The Balaban J connectivity index is 0.790. The summed E-state index contributed by atoms with van der Waals surface area (Å²) in [6, 6.07) is 120. The average molecular weight is 1130 g/mol. The summed E-state index contributed by atoms with van der Waals surface area (Å²) in [7, 11) is 0. The largest absolute Gasteiger partial charge is 0.340 e. The molecule has 0 aliphatic heterocycles. The zero-order valence-electron chi connectivity index (χ0n) is 49.2. The van der Waals surface area contributed by atoms with Crippen molar-refractivity contribution in [2.24, 2.45) is 0 Å². The first-order chi connectivity index (χ1) is 44.1. The van der Waals surface area contributed by atoms with E-state index in [1.54, 1.807) is 0 Å². The van der Waals surface area contributed by atoms with Gasteiger partial charge in [0.25, 0.3) is 0 Å². The molecule has 19 rings (SSSR count). The Labute approximate surface area is 518 Å². The van der Waals surface area contributed by atoms with Gasteiger partial charge in [0.1, 0.15) is 0 Å². The van der Waals surface area contributed by atoms with Crippen LogP contribution in [0.15, 0.2) is 315 Å². The maximum atomic E-state index is 2.61. The molecule has 14 aromatic carbocycles. The molecular weight excluding hydrogens is 1070 g/mol. The van der Waals surface area contributed by atoms with Gasteiger partial charge in [-0.1, -0.05) is 291 Å². The molecule has 0 radical (unpaired) electrons. The molecule has 414 valence electrons. The maximum absolute atomic E-state index is 2.61. The van der Waals surface area contributed by atoms with Crippen molar-refractivity contribution >= 4 is 21.5 Å². The second kappa shape index (κ2) is 18.9. The van der Waals surface area contributed by atoms with Gasteiger partial charge in [-0.25, -0.2) is 0 Å². The van der Waals surface area contributed by atoms with Gasteiger partial charge in [-0.05, 0) is 186 Å². The van der Waals surface area contributed by atoms with Crippen LogP contribution in [0.5, 0.6) is 0 Å². The van der Waals surface area contributed by atoms with Crippen LogP contribution in [0.3, 0.4) is 0 Å². The fraction of sp³-hybridized carbons (Fsp3) is 0.0455. The average Bonchev–Trinajstić information content (AvgIpc) is 1.53. The minimum absolute atomic E-state index is 0.411. The van der Waals surface area contributed by atoms with E-state index in [1.165, 1.54) is 178 Å². The van der Waals surface area contributed by atoms with Gasteiger partial charge in [0.2, 0.25) is 0 Å². The summed E-state index contributed by atoms with van der Waals surface area (Å²) in [5, 5.41) is 4.90. The SMILES string of the molecule is CCn1c(-c2ccc(-c3ccc4c(c3)C3(c5ccccc5-c5ccccc53)c3ccccc3-4)cc2)c(-c2ccc3ccccc3c2)c(-c2ccc3ccccc3c2)c1-c1ccc(-c2ccc3c(c2)C2(c4ccccc4-c4ccccc42)c2ccccc2-3)cc1. The van der Waals surface area contributed by atoms with Gasteiger partial charge >= 0.3 is 0 Å². The van der Waals surface area contributed by atoms with Crippen LogP contribution >= 0.6 is 0 Å². The molecule has 89 heavy (non-hydrogen) atoms. The maximum Gasteiger partial charge on any atom is 0.0725 e. The number of hydrogen-bond donors (Lipinski definition) is 0. The molecule has 1 heterocycles. The second-order valence-corrected chi connectivity index (χ2v) is 24.8. The molecule has 1 heteroatoms. The molecule has 0 amide bonds. The Morgan fingerprint density at radius 2 is 0.472 bits per heavy atom. The number of nitrogens with zero attached hydrogens (tertiary/aromatic N) is 1. The molecule has 15 aromatic rings. The number of rotatable bonds is 7. The Morgan fingerprint density at radius 1 is 0.213 bits per heavy atom. The van der Waals surface area contributed by atoms with Crippen molar-refractivity contribution in [2.75, 3.05) is 0 Å². The van der Waals surface area contributed by atoms with E-state index in [4.69, 9.17) is 0 Å². The molecule has 0 saturated carbocycles. The molecule has 0 saturated heterocycles. The lowest BCUT2D eigenvalue weighted by molar-refractivity contribution is 0.785. The van der Waals surface area contributed by atoms with Gasteiger partial charge in [0, 0.05) is 17.7 Å². The Bertz CT molecular complexity index is 5010. The van der Waals surface area contributed by atoms with Gasteiger partial charge in [0.15, 0.2) is 0 Å². The summed E-state index contributed by atoms with van der Waals surface area (Å²) < 4.78 is 2.61. The number of fused-ring (bicyclic) bond motifs is 22. The van der Waals surface area contributed by atoms with Crippen LogP contribution in [0.1, 0.15) is 51.4 Å². The molecule has 4 aliphatic rings. The highest BCUT2D eigenvalue weighted by Gasteiger charge is 2.53. The molecule has 0 unspecified atom stereocenters. The lowest BCUT2D eigenvalue weighted by Crippen LogP contribution is -2.25. The van der Waals surface area contributed by atoms with E-state index in [0.29, 0.717) is 0 Å². The van der Waals surface area contributed by atoms with Crippen LogP contribution in [-0.4, -0.2) is 4.57 Å². The van der Waals surface area contributed by atoms with Crippen LogP contribution in [0, 0.1) is 0 Å². The van der Waals surface area contributed by atoms with Gasteiger partial charge in [0.05, 0.1) is 22.2 Å². The van der Waals surface area contributed by atoms with Gasteiger partial charge in [-0.2, -0.15) is 0 Å². The van der Waals surface area contributed by atoms with Crippen molar-refractivity contribution in [2.45, 2.75) is 24.3 Å². The predicted molar refractivity (Wildman–Crippen MR) is 370 cm³/mol. The van der Waals surface area contributed by atoms with E-state index < -0.39 is 10.8 Å². The minimum atomic E-state index is -0.411. The van der Waals surface area contributed by atoms with E-state index in [2.05, 4.69) is 327 Å². The van der Waals surface area contributed by atoms with Crippen LogP contribution in [0.4, 0.5) is 0 Å². The molecular formula is C88H57N. The highest BCUT2D eigenvalue weighted by Crippen LogP contribution is 2.65. The zero-order valence-corrected chi connectivity index (χ0v) is 49.2. The third-order valence-corrected chi connectivity index (χ3v) is 20.6. The Kier molecular flexibility index (Phi) is 10.7. The van der Waals surface area contributed by atoms with Gasteiger partial charge < -0.3 is 4.57 Å². The topological polar surface area (TPSA) is 4.93 Å². The smallest absolute Gasteiger partial charge is 0.0725 e. The van der Waals surface area contributed by atoms with E-state index in [9.17, 15) is 0 Å². The number of hydrogen-bond acceptors (Lipinski definition) is 0. The summed E-state index contributed by atoms with van der Waals surface area (Å²) in [5.41, 5.74) is 35.0. The molecule has 4 aliphatic carbocycles. The second-order valence-electron chi connectivity index (χ2n) is 24.8. The fourth-order valence-electron chi connectivity index (χ4n) is 17.0. The van der Waals surface area contributed by atoms with Crippen molar-refractivity contribution in [1.29, 1.82) is 0 Å². The molecule has 0 bridgehead atoms. The van der Waals surface area contributed by atoms with Crippen molar-refractivity contribution in [3.63, 3.8) is 0 Å². The lowest BCUT2D eigenvalue weighted by Gasteiger charge is -2.30. The molecule has 1 nitrogen and oxygen atoms in total. The Hall–Kier alpha value is -11.1. The van der Waals surface area contributed by atoms with Crippen molar-refractivity contribution in [3.8, 4) is 112 Å². The minimum Gasteiger partial charge on any atom is -0.340 e. The van der Waals surface area contributed by atoms with Crippen LogP contribution < -0.4 is 0 Å².